The summed E-state index contributed by atoms with van der Waals surface area (Å²) in [6, 6.07) is 8.83. The monoisotopic (exact) mass is 361 g/mol. The smallest absolute Gasteiger partial charge is 0.186 e. The summed E-state index contributed by atoms with van der Waals surface area (Å²) in [6.07, 6.45) is 0. The maximum Gasteiger partial charge on any atom is 0.186 e. The van der Waals surface area contributed by atoms with Gasteiger partial charge in [0.2, 0.25) is 0 Å². The van der Waals surface area contributed by atoms with Crippen LogP contribution in [-0.2, 0) is 0 Å². The zero-order chi connectivity index (χ0) is 18.9. The topological polar surface area (TPSA) is 17.1 Å². The molecule has 0 bridgehead atoms. The summed E-state index contributed by atoms with van der Waals surface area (Å²) in [6.45, 7) is 17.2. The summed E-state index contributed by atoms with van der Waals surface area (Å²) in [7, 11) is 0.183. The second kappa shape index (κ2) is 9.37. The first kappa shape index (κ1) is 23.2. The van der Waals surface area contributed by atoms with Crippen LogP contribution in [-0.4, -0.2) is 24.4 Å². The fourth-order valence-electron chi connectivity index (χ4n) is 3.36. The van der Waals surface area contributed by atoms with Crippen LogP contribution in [0.5, 0.6) is 0 Å². The van der Waals surface area contributed by atoms with Gasteiger partial charge in [0.05, 0.1) is 0 Å². The summed E-state index contributed by atoms with van der Waals surface area (Å²) in [5.74, 6) is 0.906. The number of rotatable bonds is 5. The first-order valence-corrected chi connectivity index (χ1v) is 10.2. The fraction of sp³-hybridized carbons (Fsp3) is 0.435. The van der Waals surface area contributed by atoms with Crippen molar-refractivity contribution in [3.05, 3.63) is 63.2 Å². The van der Waals surface area contributed by atoms with Crippen molar-refractivity contribution in [1.29, 1.82) is 0 Å². The van der Waals surface area contributed by atoms with E-state index in [1.165, 1.54) is 27.6 Å². The molecule has 2 aromatic carbocycles. The average molecular weight is 361 g/mol. The van der Waals surface area contributed by atoms with E-state index >= 15 is 0 Å². The molecular weight excluding hydrogens is 330 g/mol. The Morgan fingerprint density at radius 1 is 0.846 bits per heavy atom. The summed E-state index contributed by atoms with van der Waals surface area (Å²) in [5, 5.41) is 1.21. The molecule has 26 heavy (non-hydrogen) atoms. The van der Waals surface area contributed by atoms with Crippen molar-refractivity contribution < 1.29 is 4.79 Å². The van der Waals surface area contributed by atoms with Crippen LogP contribution < -0.4 is 5.30 Å². The number of benzene rings is 2. The molecule has 0 aromatic heterocycles. The Morgan fingerprint density at radius 3 is 2.00 bits per heavy atom. The normalized spacial score (nSPS) is 11.5. The van der Waals surface area contributed by atoms with Crippen molar-refractivity contribution in [1.82, 2.24) is 0 Å². The molecule has 3 heteroatoms. The largest absolute Gasteiger partial charge is 0.289 e. The van der Waals surface area contributed by atoms with E-state index in [2.05, 4.69) is 79.7 Å². The van der Waals surface area contributed by atoms with Crippen molar-refractivity contribution in [2.45, 2.75) is 67.2 Å². The molecule has 2 aromatic rings. The minimum Gasteiger partial charge on any atom is -0.289 e. The van der Waals surface area contributed by atoms with Crippen LogP contribution in [0.3, 0.4) is 0 Å². The Bertz CT molecular complexity index is 806. The van der Waals surface area contributed by atoms with Gasteiger partial charge in [-0.15, -0.1) is 0 Å². The Balaban J connectivity index is 0.00000338. The molecule has 0 amide bonds. The van der Waals surface area contributed by atoms with Gasteiger partial charge >= 0.3 is 0 Å². The predicted molar refractivity (Wildman–Crippen MR) is 118 cm³/mol. The molecule has 0 saturated carbocycles. The van der Waals surface area contributed by atoms with E-state index in [4.69, 9.17) is 0 Å². The Labute approximate surface area is 173 Å². The van der Waals surface area contributed by atoms with Crippen LogP contribution in [0.25, 0.3) is 0 Å². The van der Waals surface area contributed by atoms with Crippen molar-refractivity contribution in [2.24, 2.45) is 0 Å². The van der Waals surface area contributed by atoms with Crippen LogP contribution in [0.4, 0.5) is 0 Å². The third-order valence-corrected chi connectivity index (χ3v) is 6.38. The quantitative estimate of drug-likeness (QED) is 0.476. The van der Waals surface area contributed by atoms with Gasteiger partial charge in [-0.2, -0.15) is 0 Å². The second-order valence-corrected chi connectivity index (χ2v) is 8.99. The third-order valence-electron chi connectivity index (χ3n) is 5.20. The van der Waals surface area contributed by atoms with Gasteiger partial charge < -0.3 is 0 Å². The molecule has 135 valence electrons. The van der Waals surface area contributed by atoms with Crippen LogP contribution in [0, 0.1) is 27.7 Å². The number of carbonyl (C=O) groups is 1. The van der Waals surface area contributed by atoms with Gasteiger partial charge in [-0.3, -0.25) is 4.79 Å². The molecule has 0 aliphatic carbocycles. The Kier molecular flexibility index (Phi) is 8.35. The van der Waals surface area contributed by atoms with Crippen LogP contribution in [0.2, 0.25) is 0 Å². The summed E-state index contributed by atoms with van der Waals surface area (Å²) in [5.41, 5.74) is 8.54. The van der Waals surface area contributed by atoms with Crippen LogP contribution in [0.15, 0.2) is 24.3 Å². The van der Waals surface area contributed by atoms with Crippen molar-refractivity contribution >= 4 is 38.3 Å². The molecule has 1 radical (unpaired) electrons. The third kappa shape index (κ3) is 4.89. The number of hydrogen-bond acceptors (Lipinski definition) is 1. The van der Waals surface area contributed by atoms with E-state index in [1.807, 2.05) is 0 Å². The summed E-state index contributed by atoms with van der Waals surface area (Å²) < 4.78 is 0. The van der Waals surface area contributed by atoms with Crippen molar-refractivity contribution in [3.8, 4) is 0 Å². The number of carbonyl (C=O) groups excluding carboxylic acids is 1. The summed E-state index contributed by atoms with van der Waals surface area (Å²) >= 11 is 0. The summed E-state index contributed by atoms with van der Waals surface area (Å²) in [4.78, 5) is 13.2. The molecule has 0 aliphatic heterocycles. The number of hydrogen-bond donors (Lipinski definition) is 0. The van der Waals surface area contributed by atoms with Gasteiger partial charge in [0.1, 0.15) is 0 Å². The van der Waals surface area contributed by atoms with E-state index in [-0.39, 0.29) is 33.0 Å². The molecular formula is C23H31LiOP. The van der Waals surface area contributed by atoms with Gasteiger partial charge in [-0.05, 0) is 86.8 Å². The fourth-order valence-corrected chi connectivity index (χ4v) is 4.87. The van der Waals surface area contributed by atoms with E-state index < -0.39 is 0 Å². The molecule has 0 N–H and O–H groups in total. The number of aryl methyl sites for hydroxylation is 2. The maximum atomic E-state index is 13.2. The molecule has 0 fully saturated rings. The Morgan fingerprint density at radius 2 is 1.46 bits per heavy atom. The maximum absolute atomic E-state index is 13.2. The van der Waals surface area contributed by atoms with E-state index in [1.54, 1.807) is 0 Å². The second-order valence-electron chi connectivity index (χ2n) is 7.75. The molecule has 2 rings (SSSR count). The minimum absolute atomic E-state index is 0. The molecule has 1 unspecified atom stereocenters. The molecule has 1 atom stereocenters. The van der Waals surface area contributed by atoms with E-state index in [9.17, 15) is 4.79 Å². The van der Waals surface area contributed by atoms with Gasteiger partial charge in [0, 0.05) is 24.4 Å². The first-order chi connectivity index (χ1) is 11.6. The van der Waals surface area contributed by atoms with E-state index in [0.717, 1.165) is 16.7 Å². The van der Waals surface area contributed by atoms with Gasteiger partial charge in [0.25, 0.3) is 0 Å². The van der Waals surface area contributed by atoms with E-state index in [0.29, 0.717) is 11.8 Å². The van der Waals surface area contributed by atoms with Gasteiger partial charge in [-0.25, -0.2) is 0 Å². The minimum atomic E-state index is 0. The zero-order valence-electron chi connectivity index (χ0n) is 17.9. The van der Waals surface area contributed by atoms with Gasteiger partial charge in [-0.1, -0.05) is 52.0 Å². The van der Waals surface area contributed by atoms with Crippen molar-refractivity contribution in [2.75, 3.05) is 0 Å². The standard InChI is InChI=1S/C23H31OP.Li/c1-13(2)19-9-10-20(14(3)4)21(12-19)25-23(24)22-16(6)11-15(5)17(7)18(22)8;/h9-14,25H,1-8H3;. The predicted octanol–water partition coefficient (Wildman–Crippen LogP) is 5.93. The Hall–Kier alpha value is -0.863. The zero-order valence-corrected chi connectivity index (χ0v) is 18.9. The van der Waals surface area contributed by atoms with Crippen LogP contribution in [0.1, 0.15) is 83.3 Å². The SMILES string of the molecule is Cc1cc(C)c(C(=O)Pc2cc(C(C)C)ccc2C(C)C)c(C)c1C.[Li]. The molecule has 1 nitrogen and oxygen atoms in total. The average Bonchev–Trinajstić information content (AvgIpc) is 2.52. The first-order valence-electron chi connectivity index (χ1n) is 9.16. The van der Waals surface area contributed by atoms with Crippen molar-refractivity contribution in [3.63, 3.8) is 0 Å². The molecule has 0 heterocycles. The van der Waals surface area contributed by atoms with Crippen LogP contribution >= 0.6 is 8.58 Å². The molecule has 0 saturated heterocycles. The molecule has 0 spiro atoms. The molecule has 0 aliphatic rings. The van der Waals surface area contributed by atoms with Gasteiger partial charge in [0.15, 0.2) is 5.52 Å².